The third-order valence-electron chi connectivity index (χ3n) is 6.12. The molecule has 2 aromatic rings. The van der Waals surface area contributed by atoms with Gasteiger partial charge in [-0.3, -0.25) is 9.59 Å². The van der Waals surface area contributed by atoms with Crippen molar-refractivity contribution in [2.45, 2.75) is 50.2 Å². The highest BCUT2D eigenvalue weighted by molar-refractivity contribution is 5.94. The summed E-state index contributed by atoms with van der Waals surface area (Å²) in [4.78, 5) is 27.2. The second kappa shape index (κ2) is 11.0. The number of halogens is 2. The largest absolute Gasteiger partial charge is 0.389 e. The number of nitrogens with zero attached hydrogens (tertiary/aromatic N) is 1. The second-order valence-electron chi connectivity index (χ2n) is 8.71. The zero-order valence-corrected chi connectivity index (χ0v) is 18.7. The molecule has 2 fully saturated rings. The van der Waals surface area contributed by atoms with E-state index in [0.717, 1.165) is 0 Å². The molecule has 2 aliphatic heterocycles. The Hall–Kier alpha value is -2.88. The molecule has 0 bridgehead atoms. The number of β-amino-alcohol motifs (C(OH)–C–C–N with tert-alkyl or cyclic N) is 1. The standard InChI is InChI=1S/C25H28F2N2O5/c26-18-6-4-17(5-7-18)25(32)29-13-20(30)14-33-15-23-22(29)9-8-21(34-23)11-24(31)28-12-16-2-1-3-19(27)10-16/h1-7,10,20-23,30H,8-9,11-15H2,(H,28,31)/t20-,21-,22+,23-/m0/s1. The summed E-state index contributed by atoms with van der Waals surface area (Å²) in [5, 5.41) is 13.0. The molecule has 0 unspecified atom stereocenters. The van der Waals surface area contributed by atoms with Crippen LogP contribution in [-0.2, 0) is 20.8 Å². The minimum Gasteiger partial charge on any atom is -0.389 e. The van der Waals surface area contributed by atoms with Crippen LogP contribution in [-0.4, -0.2) is 65.9 Å². The fourth-order valence-electron chi connectivity index (χ4n) is 4.46. The minimum atomic E-state index is -0.850. The van der Waals surface area contributed by atoms with Crippen LogP contribution in [0.5, 0.6) is 0 Å². The second-order valence-corrected chi connectivity index (χ2v) is 8.71. The molecule has 7 nitrogen and oxygen atoms in total. The summed E-state index contributed by atoms with van der Waals surface area (Å²) < 4.78 is 38.4. The lowest BCUT2D eigenvalue weighted by Gasteiger charge is -2.44. The molecule has 2 aliphatic rings. The molecule has 4 rings (SSSR count). The maximum Gasteiger partial charge on any atom is 0.254 e. The van der Waals surface area contributed by atoms with E-state index in [1.165, 1.54) is 36.4 Å². The molecule has 9 heteroatoms. The number of hydrogen-bond donors (Lipinski definition) is 2. The average molecular weight is 475 g/mol. The van der Waals surface area contributed by atoms with E-state index >= 15 is 0 Å². The molecule has 34 heavy (non-hydrogen) atoms. The van der Waals surface area contributed by atoms with Crippen molar-refractivity contribution in [1.29, 1.82) is 0 Å². The Kier molecular flexibility index (Phi) is 7.87. The quantitative estimate of drug-likeness (QED) is 0.695. The Morgan fingerprint density at radius 2 is 1.85 bits per heavy atom. The van der Waals surface area contributed by atoms with Gasteiger partial charge in [-0.1, -0.05) is 12.1 Å². The van der Waals surface area contributed by atoms with Crippen LogP contribution in [0.2, 0.25) is 0 Å². The lowest BCUT2D eigenvalue weighted by Crippen LogP contribution is -2.57. The van der Waals surface area contributed by atoms with Crippen molar-refractivity contribution in [3.8, 4) is 0 Å². The first-order chi connectivity index (χ1) is 16.4. The monoisotopic (exact) mass is 474 g/mol. The number of nitrogens with one attached hydrogen (secondary N) is 1. The van der Waals surface area contributed by atoms with Gasteiger partial charge < -0.3 is 24.8 Å². The summed E-state index contributed by atoms with van der Waals surface area (Å²) in [6, 6.07) is 11.0. The van der Waals surface area contributed by atoms with E-state index in [1.54, 1.807) is 17.0 Å². The molecule has 0 radical (unpaired) electrons. The van der Waals surface area contributed by atoms with Crippen molar-refractivity contribution in [3.05, 3.63) is 71.3 Å². The van der Waals surface area contributed by atoms with Crippen molar-refractivity contribution >= 4 is 11.8 Å². The number of hydrogen-bond acceptors (Lipinski definition) is 5. The van der Waals surface area contributed by atoms with Crippen molar-refractivity contribution < 1.29 is 33.0 Å². The molecule has 0 spiro atoms. The van der Waals surface area contributed by atoms with E-state index in [-0.39, 0.29) is 62.5 Å². The smallest absolute Gasteiger partial charge is 0.254 e. The minimum absolute atomic E-state index is 0.0541. The highest BCUT2D eigenvalue weighted by Crippen LogP contribution is 2.29. The Labute approximate surface area is 196 Å². The van der Waals surface area contributed by atoms with Crippen molar-refractivity contribution in [2.24, 2.45) is 0 Å². The van der Waals surface area contributed by atoms with Crippen LogP contribution >= 0.6 is 0 Å². The number of ether oxygens (including phenoxy) is 2. The molecule has 2 heterocycles. The fraction of sp³-hybridized carbons (Fsp3) is 0.440. The van der Waals surface area contributed by atoms with Crippen molar-refractivity contribution in [1.82, 2.24) is 10.2 Å². The predicted octanol–water partition coefficient (Wildman–Crippen LogP) is 2.42. The topological polar surface area (TPSA) is 88.1 Å². The summed E-state index contributed by atoms with van der Waals surface area (Å²) >= 11 is 0. The van der Waals surface area contributed by atoms with Gasteiger partial charge in [0.1, 0.15) is 17.7 Å². The fourth-order valence-corrected chi connectivity index (χ4v) is 4.46. The van der Waals surface area contributed by atoms with Crippen LogP contribution in [0.4, 0.5) is 8.78 Å². The highest BCUT2D eigenvalue weighted by atomic mass is 19.1. The van der Waals surface area contributed by atoms with Crippen LogP contribution in [0.15, 0.2) is 48.5 Å². The first-order valence-corrected chi connectivity index (χ1v) is 11.4. The van der Waals surface area contributed by atoms with Gasteiger partial charge in [0.15, 0.2) is 0 Å². The molecule has 0 aromatic heterocycles. The Morgan fingerprint density at radius 1 is 1.06 bits per heavy atom. The number of rotatable bonds is 5. The molecule has 182 valence electrons. The number of benzene rings is 2. The van der Waals surface area contributed by atoms with E-state index in [1.807, 2.05) is 0 Å². The van der Waals surface area contributed by atoms with E-state index < -0.39 is 18.0 Å². The van der Waals surface area contributed by atoms with Crippen LogP contribution in [0.25, 0.3) is 0 Å². The number of carbonyl (C=O) groups excluding carboxylic acids is 2. The van der Waals surface area contributed by atoms with Crippen LogP contribution in [0.1, 0.15) is 35.2 Å². The van der Waals surface area contributed by atoms with Crippen LogP contribution < -0.4 is 5.32 Å². The summed E-state index contributed by atoms with van der Waals surface area (Å²) in [6.07, 6.45) is -0.437. The number of aliphatic hydroxyl groups excluding tert-OH is 1. The third-order valence-corrected chi connectivity index (χ3v) is 6.12. The average Bonchev–Trinajstić information content (AvgIpc) is 2.81. The first kappa shape index (κ1) is 24.3. The van der Waals surface area contributed by atoms with Gasteiger partial charge in [-0.15, -0.1) is 0 Å². The molecule has 0 saturated carbocycles. The molecule has 4 atom stereocenters. The maximum atomic E-state index is 13.3. The summed E-state index contributed by atoms with van der Waals surface area (Å²) in [5.74, 6) is -1.32. The molecular formula is C25H28F2N2O5. The van der Waals surface area contributed by atoms with E-state index in [2.05, 4.69) is 5.32 Å². The van der Waals surface area contributed by atoms with Gasteiger partial charge in [-0.25, -0.2) is 8.78 Å². The van der Waals surface area contributed by atoms with Gasteiger partial charge in [0.2, 0.25) is 5.91 Å². The third kappa shape index (κ3) is 6.16. The Morgan fingerprint density at radius 3 is 2.62 bits per heavy atom. The normalized spacial score (nSPS) is 25.1. The lowest BCUT2D eigenvalue weighted by molar-refractivity contribution is -0.151. The Bertz CT molecular complexity index is 1000. The lowest BCUT2D eigenvalue weighted by atomic mass is 9.94. The van der Waals surface area contributed by atoms with Crippen LogP contribution in [0.3, 0.4) is 0 Å². The predicted molar refractivity (Wildman–Crippen MR) is 119 cm³/mol. The van der Waals surface area contributed by atoms with Gasteiger partial charge in [0.05, 0.1) is 37.9 Å². The highest BCUT2D eigenvalue weighted by Gasteiger charge is 2.40. The molecule has 0 aliphatic carbocycles. The Balaban J connectivity index is 1.38. The van der Waals surface area contributed by atoms with Crippen LogP contribution in [0, 0.1) is 11.6 Å². The molecule has 2 amide bonds. The molecule has 2 saturated heterocycles. The van der Waals surface area contributed by atoms with Gasteiger partial charge in [0.25, 0.3) is 5.91 Å². The first-order valence-electron chi connectivity index (χ1n) is 11.4. The SMILES string of the molecule is O=C(C[C@@H]1CC[C@@H]2[C@H](COC[C@@H](O)CN2C(=O)c2ccc(F)cc2)O1)NCc1cccc(F)c1. The van der Waals surface area contributed by atoms with E-state index in [4.69, 9.17) is 9.47 Å². The zero-order chi connectivity index (χ0) is 24.1. The van der Waals surface area contributed by atoms with Gasteiger partial charge >= 0.3 is 0 Å². The molecular weight excluding hydrogens is 446 g/mol. The van der Waals surface area contributed by atoms with E-state index in [0.29, 0.717) is 24.0 Å². The number of aliphatic hydroxyl groups is 1. The maximum absolute atomic E-state index is 13.3. The summed E-state index contributed by atoms with van der Waals surface area (Å²) in [5.41, 5.74) is 0.993. The van der Waals surface area contributed by atoms with Crippen molar-refractivity contribution in [2.75, 3.05) is 19.8 Å². The van der Waals surface area contributed by atoms with Gasteiger partial charge in [-0.05, 0) is 54.8 Å². The molecule has 2 N–H and O–H groups in total. The number of fused-ring (bicyclic) bond motifs is 1. The van der Waals surface area contributed by atoms with Gasteiger partial charge in [0, 0.05) is 18.7 Å². The summed E-state index contributed by atoms with van der Waals surface area (Å²) in [6.45, 7) is 0.519. The number of carbonyl (C=O) groups is 2. The molecule has 2 aromatic carbocycles. The van der Waals surface area contributed by atoms with E-state index in [9.17, 15) is 23.5 Å². The van der Waals surface area contributed by atoms with Gasteiger partial charge in [-0.2, -0.15) is 0 Å². The van der Waals surface area contributed by atoms with Crippen molar-refractivity contribution in [3.63, 3.8) is 0 Å². The summed E-state index contributed by atoms with van der Waals surface area (Å²) in [7, 11) is 0. The zero-order valence-electron chi connectivity index (χ0n) is 18.7. The number of amides is 2.